The van der Waals surface area contributed by atoms with Gasteiger partial charge in [0.1, 0.15) is 6.54 Å². The van der Waals surface area contributed by atoms with E-state index in [0.29, 0.717) is 30.2 Å². The summed E-state index contributed by atoms with van der Waals surface area (Å²) in [4.78, 5) is 37.0. The molecule has 1 N–H and O–H groups in total. The lowest BCUT2D eigenvalue weighted by Crippen LogP contribution is -2.36. The molecule has 2 amide bonds. The average Bonchev–Trinajstić information content (AvgIpc) is 2.99. The third-order valence-corrected chi connectivity index (χ3v) is 3.82. The Morgan fingerprint density at radius 2 is 1.96 bits per heavy atom. The van der Waals surface area contributed by atoms with Gasteiger partial charge < -0.3 is 24.4 Å². The van der Waals surface area contributed by atoms with Crippen LogP contribution >= 0.6 is 0 Å². The summed E-state index contributed by atoms with van der Waals surface area (Å²) < 4.78 is 15.4. The molecule has 8 heteroatoms. The molecule has 1 fully saturated rings. The number of anilines is 1. The van der Waals surface area contributed by atoms with E-state index in [-0.39, 0.29) is 12.5 Å². The summed E-state index contributed by atoms with van der Waals surface area (Å²) in [6.07, 6.45) is 0.197. The normalized spacial score (nSPS) is 14.8. The van der Waals surface area contributed by atoms with Gasteiger partial charge in [0, 0.05) is 24.7 Å². The van der Waals surface area contributed by atoms with Gasteiger partial charge in [-0.15, -0.1) is 0 Å². The van der Waals surface area contributed by atoms with Gasteiger partial charge in [0.2, 0.25) is 5.91 Å². The van der Waals surface area contributed by atoms with Crippen molar-refractivity contribution >= 4 is 23.5 Å². The Bertz CT molecular complexity index is 661. The van der Waals surface area contributed by atoms with Crippen LogP contribution in [0.4, 0.5) is 5.69 Å². The summed E-state index contributed by atoms with van der Waals surface area (Å²) in [5.74, 6) is -0.148. The SMILES string of the molecule is COc1ccc(NC(=O)[C@H](C)OC(=O)CN2CCCC2=O)cc1OC. The van der Waals surface area contributed by atoms with Gasteiger partial charge >= 0.3 is 5.97 Å². The number of nitrogens with zero attached hydrogens (tertiary/aromatic N) is 1. The Balaban J connectivity index is 1.89. The second kappa shape index (κ2) is 8.36. The number of hydrogen-bond donors (Lipinski definition) is 1. The molecular formula is C17H22N2O6. The molecule has 1 aromatic rings. The van der Waals surface area contributed by atoms with Crippen molar-refractivity contribution in [1.29, 1.82) is 0 Å². The molecule has 1 atom stereocenters. The lowest BCUT2D eigenvalue weighted by Gasteiger charge is -2.18. The molecule has 8 nitrogen and oxygen atoms in total. The summed E-state index contributed by atoms with van der Waals surface area (Å²) in [7, 11) is 3.01. The van der Waals surface area contributed by atoms with Crippen LogP contribution in [0, 0.1) is 0 Å². The molecule has 1 aliphatic rings. The van der Waals surface area contributed by atoms with E-state index in [0.717, 1.165) is 6.42 Å². The molecule has 0 radical (unpaired) electrons. The predicted molar refractivity (Wildman–Crippen MR) is 89.5 cm³/mol. The van der Waals surface area contributed by atoms with Crippen molar-refractivity contribution in [3.8, 4) is 11.5 Å². The van der Waals surface area contributed by atoms with Crippen LogP contribution in [0.5, 0.6) is 11.5 Å². The minimum Gasteiger partial charge on any atom is -0.493 e. The smallest absolute Gasteiger partial charge is 0.326 e. The van der Waals surface area contributed by atoms with E-state index < -0.39 is 18.0 Å². The Hall–Kier alpha value is -2.77. The number of ether oxygens (including phenoxy) is 3. The standard InChI is InChI=1S/C17H22N2O6/c1-11(25-16(21)10-19-8-4-5-15(19)20)17(22)18-12-6-7-13(23-2)14(9-12)24-3/h6-7,9,11H,4-5,8,10H2,1-3H3,(H,18,22)/t11-/m0/s1. The van der Waals surface area contributed by atoms with E-state index in [1.165, 1.54) is 26.0 Å². The minimum absolute atomic E-state index is 0.0700. The van der Waals surface area contributed by atoms with Crippen LogP contribution in [0.25, 0.3) is 0 Å². The van der Waals surface area contributed by atoms with Gasteiger partial charge in [0.15, 0.2) is 17.6 Å². The molecule has 0 aromatic heterocycles. The van der Waals surface area contributed by atoms with Crippen molar-refractivity contribution < 1.29 is 28.6 Å². The number of benzene rings is 1. The molecule has 1 aromatic carbocycles. The van der Waals surface area contributed by atoms with Crippen LogP contribution in [0.2, 0.25) is 0 Å². The van der Waals surface area contributed by atoms with Gasteiger partial charge in [-0.05, 0) is 25.5 Å². The molecule has 0 bridgehead atoms. The summed E-state index contributed by atoms with van der Waals surface area (Å²) >= 11 is 0. The van der Waals surface area contributed by atoms with E-state index in [4.69, 9.17) is 14.2 Å². The highest BCUT2D eigenvalue weighted by Crippen LogP contribution is 2.29. The summed E-state index contributed by atoms with van der Waals surface area (Å²) in [5, 5.41) is 2.64. The van der Waals surface area contributed by atoms with Crippen LogP contribution in [-0.2, 0) is 19.1 Å². The highest BCUT2D eigenvalue weighted by molar-refractivity contribution is 5.95. The van der Waals surface area contributed by atoms with Gasteiger partial charge in [0.25, 0.3) is 5.91 Å². The van der Waals surface area contributed by atoms with Gasteiger partial charge in [0.05, 0.1) is 14.2 Å². The van der Waals surface area contributed by atoms with Crippen LogP contribution in [0.3, 0.4) is 0 Å². The first-order valence-corrected chi connectivity index (χ1v) is 7.94. The molecule has 1 heterocycles. The fraction of sp³-hybridized carbons (Fsp3) is 0.471. The van der Waals surface area contributed by atoms with Crippen molar-refractivity contribution in [1.82, 2.24) is 4.90 Å². The second-order valence-corrected chi connectivity index (χ2v) is 5.61. The highest BCUT2D eigenvalue weighted by Gasteiger charge is 2.25. The zero-order valence-corrected chi connectivity index (χ0v) is 14.5. The number of hydrogen-bond acceptors (Lipinski definition) is 6. The van der Waals surface area contributed by atoms with Gasteiger partial charge in [-0.3, -0.25) is 14.4 Å². The van der Waals surface area contributed by atoms with Crippen LogP contribution in [0.1, 0.15) is 19.8 Å². The predicted octanol–water partition coefficient (Wildman–Crippen LogP) is 1.20. The molecule has 0 unspecified atom stereocenters. The molecule has 0 aliphatic carbocycles. The number of carbonyl (C=O) groups is 3. The second-order valence-electron chi connectivity index (χ2n) is 5.61. The number of rotatable bonds is 7. The van der Waals surface area contributed by atoms with Crippen molar-refractivity contribution in [2.45, 2.75) is 25.9 Å². The van der Waals surface area contributed by atoms with Gasteiger partial charge in [-0.2, -0.15) is 0 Å². The molecule has 25 heavy (non-hydrogen) atoms. The zero-order valence-electron chi connectivity index (χ0n) is 14.5. The van der Waals surface area contributed by atoms with E-state index in [1.54, 1.807) is 18.2 Å². The fourth-order valence-corrected chi connectivity index (χ4v) is 2.47. The zero-order chi connectivity index (χ0) is 18.4. The van der Waals surface area contributed by atoms with Crippen LogP contribution < -0.4 is 14.8 Å². The maximum absolute atomic E-state index is 12.2. The van der Waals surface area contributed by atoms with E-state index >= 15 is 0 Å². The maximum atomic E-state index is 12.2. The Morgan fingerprint density at radius 3 is 2.56 bits per heavy atom. The molecule has 0 spiro atoms. The van der Waals surface area contributed by atoms with Crippen molar-refractivity contribution in [2.75, 3.05) is 32.6 Å². The molecular weight excluding hydrogens is 328 g/mol. The number of methoxy groups -OCH3 is 2. The lowest BCUT2D eigenvalue weighted by molar-refractivity contribution is -0.155. The average molecular weight is 350 g/mol. The van der Waals surface area contributed by atoms with Crippen molar-refractivity contribution in [3.05, 3.63) is 18.2 Å². The number of carbonyl (C=O) groups excluding carboxylic acids is 3. The number of nitrogens with one attached hydrogen (secondary N) is 1. The van der Waals surface area contributed by atoms with Crippen molar-refractivity contribution in [2.24, 2.45) is 0 Å². The summed E-state index contributed by atoms with van der Waals surface area (Å²) in [5.41, 5.74) is 0.486. The number of amides is 2. The lowest BCUT2D eigenvalue weighted by atomic mass is 10.2. The summed E-state index contributed by atoms with van der Waals surface area (Å²) in [6, 6.07) is 4.91. The minimum atomic E-state index is -0.988. The fourth-order valence-electron chi connectivity index (χ4n) is 2.47. The van der Waals surface area contributed by atoms with Gasteiger partial charge in [-0.1, -0.05) is 0 Å². The first-order valence-electron chi connectivity index (χ1n) is 7.94. The Labute approximate surface area is 146 Å². The molecule has 1 saturated heterocycles. The van der Waals surface area contributed by atoms with Gasteiger partial charge in [-0.25, -0.2) is 0 Å². The first-order chi connectivity index (χ1) is 11.9. The number of likely N-dealkylation sites (tertiary alicyclic amines) is 1. The number of esters is 1. The van der Waals surface area contributed by atoms with E-state index in [2.05, 4.69) is 5.32 Å². The molecule has 136 valence electrons. The van der Waals surface area contributed by atoms with Crippen LogP contribution in [0.15, 0.2) is 18.2 Å². The third kappa shape index (κ3) is 4.85. The molecule has 1 aliphatic heterocycles. The largest absolute Gasteiger partial charge is 0.493 e. The quantitative estimate of drug-likeness (QED) is 0.743. The Kier molecular flexibility index (Phi) is 6.21. The monoisotopic (exact) mass is 350 g/mol. The molecule has 2 rings (SSSR count). The Morgan fingerprint density at radius 1 is 1.24 bits per heavy atom. The summed E-state index contributed by atoms with van der Waals surface area (Å²) in [6.45, 7) is 1.88. The highest BCUT2D eigenvalue weighted by atomic mass is 16.5. The topological polar surface area (TPSA) is 94.2 Å². The van der Waals surface area contributed by atoms with E-state index in [1.807, 2.05) is 0 Å². The van der Waals surface area contributed by atoms with Crippen molar-refractivity contribution in [3.63, 3.8) is 0 Å². The molecule has 0 saturated carbocycles. The van der Waals surface area contributed by atoms with E-state index in [9.17, 15) is 14.4 Å². The maximum Gasteiger partial charge on any atom is 0.326 e. The third-order valence-electron chi connectivity index (χ3n) is 3.82. The van der Waals surface area contributed by atoms with Crippen LogP contribution in [-0.4, -0.2) is 56.1 Å². The first kappa shape index (κ1) is 18.6.